The summed E-state index contributed by atoms with van der Waals surface area (Å²) in [5.41, 5.74) is 6.05. The first kappa shape index (κ1) is 13.4. The van der Waals surface area contributed by atoms with Crippen molar-refractivity contribution in [1.29, 1.82) is 0 Å². The Kier molecular flexibility index (Phi) is 3.16. The lowest BCUT2D eigenvalue weighted by atomic mass is 9.44. The standard InChI is InChI=1S/C16H28N2O/c1-11(8-17)9-18-14(19)16-6-12-3-13(7-16)5-15(2,4-12)10-16/h11-13H,3-10,17H2,1-2H3,(H,18,19). The van der Waals surface area contributed by atoms with Crippen molar-refractivity contribution >= 4 is 5.91 Å². The molecule has 4 aliphatic rings. The van der Waals surface area contributed by atoms with Gasteiger partial charge in [0.2, 0.25) is 5.91 Å². The van der Waals surface area contributed by atoms with E-state index in [2.05, 4.69) is 19.2 Å². The van der Waals surface area contributed by atoms with Crippen LogP contribution in [0.15, 0.2) is 0 Å². The van der Waals surface area contributed by atoms with Gasteiger partial charge in [0, 0.05) is 6.54 Å². The molecule has 0 spiro atoms. The molecule has 3 heteroatoms. The highest BCUT2D eigenvalue weighted by Gasteiger charge is 2.58. The highest BCUT2D eigenvalue weighted by Crippen LogP contribution is 2.65. The SMILES string of the molecule is CC(CN)CNC(=O)C12CC3CC(CC(C)(C3)C1)C2. The van der Waals surface area contributed by atoms with Crippen LogP contribution in [-0.2, 0) is 4.79 Å². The first-order valence-corrected chi connectivity index (χ1v) is 7.93. The lowest BCUT2D eigenvalue weighted by Crippen LogP contribution is -2.57. The molecule has 1 amide bonds. The second-order valence-corrected chi connectivity index (χ2v) is 8.10. The number of nitrogens with two attached hydrogens (primary N) is 1. The van der Waals surface area contributed by atoms with Crippen LogP contribution >= 0.6 is 0 Å². The summed E-state index contributed by atoms with van der Waals surface area (Å²) in [7, 11) is 0. The van der Waals surface area contributed by atoms with Crippen LogP contribution in [0.1, 0.15) is 52.4 Å². The average molecular weight is 264 g/mol. The molecule has 0 aromatic carbocycles. The average Bonchev–Trinajstić information content (AvgIpc) is 2.32. The van der Waals surface area contributed by atoms with Gasteiger partial charge in [-0.25, -0.2) is 0 Å². The maximum atomic E-state index is 12.7. The number of nitrogens with one attached hydrogen (secondary N) is 1. The van der Waals surface area contributed by atoms with Gasteiger partial charge in [0.1, 0.15) is 0 Å². The summed E-state index contributed by atoms with van der Waals surface area (Å²) < 4.78 is 0. The number of rotatable bonds is 4. The number of amides is 1. The molecule has 0 saturated heterocycles. The van der Waals surface area contributed by atoms with Gasteiger partial charge in [-0.05, 0) is 68.2 Å². The normalized spacial score (nSPS) is 45.2. The second kappa shape index (κ2) is 4.47. The number of carbonyl (C=O) groups is 1. The third kappa shape index (κ3) is 2.31. The molecular formula is C16H28N2O. The summed E-state index contributed by atoms with van der Waals surface area (Å²) in [6.07, 6.45) is 7.50. The van der Waals surface area contributed by atoms with Crippen molar-refractivity contribution in [3.63, 3.8) is 0 Å². The summed E-state index contributed by atoms with van der Waals surface area (Å²) >= 11 is 0. The van der Waals surface area contributed by atoms with Crippen LogP contribution in [0, 0.1) is 28.6 Å². The zero-order valence-electron chi connectivity index (χ0n) is 12.4. The maximum absolute atomic E-state index is 12.7. The van der Waals surface area contributed by atoms with Crippen LogP contribution in [0.3, 0.4) is 0 Å². The fourth-order valence-electron chi connectivity index (χ4n) is 5.52. The van der Waals surface area contributed by atoms with E-state index in [1.54, 1.807) is 0 Å². The molecule has 0 radical (unpaired) electrons. The first-order chi connectivity index (χ1) is 8.95. The van der Waals surface area contributed by atoms with Gasteiger partial charge in [0.25, 0.3) is 0 Å². The summed E-state index contributed by atoms with van der Waals surface area (Å²) in [5, 5.41) is 3.19. The minimum absolute atomic E-state index is 0.0346. The zero-order chi connectivity index (χ0) is 13.7. The largest absolute Gasteiger partial charge is 0.355 e. The van der Waals surface area contributed by atoms with Gasteiger partial charge in [-0.15, -0.1) is 0 Å². The fraction of sp³-hybridized carbons (Fsp3) is 0.938. The van der Waals surface area contributed by atoms with Crippen molar-refractivity contribution in [2.75, 3.05) is 13.1 Å². The third-order valence-corrected chi connectivity index (χ3v) is 5.85. The number of hydrogen-bond acceptors (Lipinski definition) is 2. The van der Waals surface area contributed by atoms with E-state index >= 15 is 0 Å². The molecule has 0 aromatic rings. The molecule has 4 aliphatic carbocycles. The Morgan fingerprint density at radius 1 is 1.32 bits per heavy atom. The van der Waals surface area contributed by atoms with Crippen molar-refractivity contribution in [2.45, 2.75) is 52.4 Å². The molecule has 0 aromatic heterocycles. The molecule has 4 fully saturated rings. The Morgan fingerprint density at radius 2 is 1.95 bits per heavy atom. The van der Waals surface area contributed by atoms with E-state index < -0.39 is 0 Å². The molecule has 4 saturated carbocycles. The summed E-state index contributed by atoms with van der Waals surface area (Å²) in [6, 6.07) is 0. The lowest BCUT2D eigenvalue weighted by Gasteiger charge is -2.60. The molecule has 3 atom stereocenters. The minimum atomic E-state index is -0.0346. The molecule has 4 rings (SSSR count). The van der Waals surface area contributed by atoms with Crippen LogP contribution in [-0.4, -0.2) is 19.0 Å². The Labute approximate surface area is 116 Å². The van der Waals surface area contributed by atoms with Gasteiger partial charge < -0.3 is 11.1 Å². The van der Waals surface area contributed by atoms with E-state index in [-0.39, 0.29) is 5.41 Å². The van der Waals surface area contributed by atoms with Crippen LogP contribution in [0.2, 0.25) is 0 Å². The molecule has 3 N–H and O–H groups in total. The van der Waals surface area contributed by atoms with E-state index in [1.165, 1.54) is 19.3 Å². The fourth-order valence-corrected chi connectivity index (χ4v) is 5.52. The molecule has 0 aliphatic heterocycles. The van der Waals surface area contributed by atoms with Crippen molar-refractivity contribution in [3.05, 3.63) is 0 Å². The van der Waals surface area contributed by atoms with Gasteiger partial charge >= 0.3 is 0 Å². The minimum Gasteiger partial charge on any atom is -0.355 e. The predicted octanol–water partition coefficient (Wildman–Crippen LogP) is 2.30. The Balaban J connectivity index is 1.71. The van der Waals surface area contributed by atoms with Crippen LogP contribution in [0.4, 0.5) is 0 Å². The predicted molar refractivity (Wildman–Crippen MR) is 76.5 cm³/mol. The Bertz CT molecular complexity index is 365. The molecule has 3 nitrogen and oxygen atoms in total. The van der Waals surface area contributed by atoms with Crippen LogP contribution < -0.4 is 11.1 Å². The van der Waals surface area contributed by atoms with Crippen molar-refractivity contribution in [2.24, 2.45) is 34.3 Å². The molecular weight excluding hydrogens is 236 g/mol. The third-order valence-electron chi connectivity index (χ3n) is 5.85. The van der Waals surface area contributed by atoms with Crippen LogP contribution in [0.5, 0.6) is 0 Å². The summed E-state index contributed by atoms with van der Waals surface area (Å²) in [6.45, 7) is 5.90. The first-order valence-electron chi connectivity index (χ1n) is 7.93. The Morgan fingerprint density at radius 3 is 2.47 bits per heavy atom. The quantitative estimate of drug-likeness (QED) is 0.818. The smallest absolute Gasteiger partial charge is 0.226 e. The van der Waals surface area contributed by atoms with Crippen molar-refractivity contribution < 1.29 is 4.79 Å². The second-order valence-electron chi connectivity index (χ2n) is 8.10. The molecule has 0 heterocycles. The van der Waals surface area contributed by atoms with Crippen LogP contribution in [0.25, 0.3) is 0 Å². The highest BCUT2D eigenvalue weighted by atomic mass is 16.2. The zero-order valence-corrected chi connectivity index (χ0v) is 12.4. The monoisotopic (exact) mass is 264 g/mol. The molecule has 3 unspecified atom stereocenters. The molecule has 108 valence electrons. The van der Waals surface area contributed by atoms with E-state index in [9.17, 15) is 4.79 Å². The van der Waals surface area contributed by atoms with Gasteiger partial charge in [-0.3, -0.25) is 4.79 Å². The molecule has 19 heavy (non-hydrogen) atoms. The van der Waals surface area contributed by atoms with E-state index in [4.69, 9.17) is 5.73 Å². The number of carbonyl (C=O) groups excluding carboxylic acids is 1. The van der Waals surface area contributed by atoms with Crippen molar-refractivity contribution in [1.82, 2.24) is 5.32 Å². The summed E-state index contributed by atoms with van der Waals surface area (Å²) in [4.78, 5) is 12.7. The summed E-state index contributed by atoms with van der Waals surface area (Å²) in [5.74, 6) is 2.33. The highest BCUT2D eigenvalue weighted by molar-refractivity contribution is 5.83. The van der Waals surface area contributed by atoms with Gasteiger partial charge in [-0.2, -0.15) is 0 Å². The van der Waals surface area contributed by atoms with E-state index in [0.29, 0.717) is 23.8 Å². The topological polar surface area (TPSA) is 55.1 Å². The molecule has 4 bridgehead atoms. The van der Waals surface area contributed by atoms with Gasteiger partial charge in [0.15, 0.2) is 0 Å². The van der Waals surface area contributed by atoms with Gasteiger partial charge in [0.05, 0.1) is 5.41 Å². The van der Waals surface area contributed by atoms with Crippen molar-refractivity contribution in [3.8, 4) is 0 Å². The van der Waals surface area contributed by atoms with E-state index in [0.717, 1.165) is 37.6 Å². The lowest BCUT2D eigenvalue weighted by molar-refractivity contribution is -0.155. The maximum Gasteiger partial charge on any atom is 0.226 e. The van der Waals surface area contributed by atoms with E-state index in [1.807, 2.05) is 0 Å². The number of hydrogen-bond donors (Lipinski definition) is 2. The Hall–Kier alpha value is -0.570. The van der Waals surface area contributed by atoms with Gasteiger partial charge in [-0.1, -0.05) is 13.8 Å².